The molecule has 14 heavy (non-hydrogen) atoms. The van der Waals surface area contributed by atoms with E-state index in [2.05, 4.69) is 14.7 Å². The number of carbonyl (C=O) groups excluding carboxylic acids is 1. The van der Waals surface area contributed by atoms with Crippen LogP contribution in [0.1, 0.15) is 6.92 Å². The first-order valence-corrected chi connectivity index (χ1v) is 3.80. The number of esters is 1. The molecule has 0 atom stereocenters. The average molecular weight is 197 g/mol. The number of benzene rings is 1. The molecular formula is C9H8FNO3. The van der Waals surface area contributed by atoms with E-state index >= 15 is 0 Å². The summed E-state index contributed by atoms with van der Waals surface area (Å²) in [5.74, 6) is -0.628. The summed E-state index contributed by atoms with van der Waals surface area (Å²) in [6.07, 6.45) is 1.38. The van der Waals surface area contributed by atoms with Crippen molar-refractivity contribution in [2.75, 3.05) is 0 Å². The summed E-state index contributed by atoms with van der Waals surface area (Å²) < 4.78 is 17.0. The van der Waals surface area contributed by atoms with Crippen LogP contribution in [-0.4, -0.2) is 12.4 Å². The Kier molecular flexibility index (Phi) is 3.60. The Bertz CT molecular complexity index is 348. The van der Waals surface area contributed by atoms with Gasteiger partial charge in [0.25, 0.3) is 0 Å². The van der Waals surface area contributed by atoms with E-state index in [0.29, 0.717) is 0 Å². The second kappa shape index (κ2) is 4.96. The number of rotatable bonds is 1. The second-order valence-electron chi connectivity index (χ2n) is 2.37. The lowest BCUT2D eigenvalue weighted by Crippen LogP contribution is -2.01. The molecule has 1 aromatic rings. The van der Waals surface area contributed by atoms with Gasteiger partial charge in [0.15, 0.2) is 0 Å². The standard InChI is InChI=1S/C8H7FO2.CHNO/c1-6(10)11-8-4-2-3-7(9)5-8;1-2-3-1/h2-5H,1H3;1H. The Balaban J connectivity index is 0.000000276. The molecular weight excluding hydrogens is 189 g/mol. The Hall–Kier alpha value is -1.91. The fourth-order valence-electron chi connectivity index (χ4n) is 0.696. The minimum Gasteiger partial charge on any atom is -0.427 e. The molecule has 0 bridgehead atoms. The lowest BCUT2D eigenvalue weighted by atomic mass is 10.3. The first kappa shape index (κ1) is 10.2. The van der Waals surface area contributed by atoms with E-state index in [1.165, 1.54) is 31.5 Å². The van der Waals surface area contributed by atoms with Crippen LogP contribution in [0.2, 0.25) is 0 Å². The third-order valence-corrected chi connectivity index (χ3v) is 1.16. The van der Waals surface area contributed by atoms with Gasteiger partial charge in [-0.2, -0.15) is 0 Å². The monoisotopic (exact) mass is 197 g/mol. The van der Waals surface area contributed by atoms with Crippen molar-refractivity contribution in [3.05, 3.63) is 30.1 Å². The fraction of sp³-hybridized carbons (Fsp3) is 0.111. The van der Waals surface area contributed by atoms with Crippen molar-refractivity contribution in [1.82, 2.24) is 0 Å². The highest BCUT2D eigenvalue weighted by Gasteiger charge is 1.97. The average Bonchev–Trinajstić information content (AvgIpc) is 2.87. The van der Waals surface area contributed by atoms with Crippen LogP contribution in [0.15, 0.2) is 29.4 Å². The van der Waals surface area contributed by atoms with Crippen LogP contribution in [-0.2, 0) is 9.63 Å². The number of hydrogen-bond acceptors (Lipinski definition) is 4. The van der Waals surface area contributed by atoms with Crippen LogP contribution in [0.25, 0.3) is 0 Å². The second-order valence-corrected chi connectivity index (χ2v) is 2.37. The molecule has 0 aliphatic carbocycles. The normalized spacial score (nSPS) is 10.7. The zero-order valence-corrected chi connectivity index (χ0v) is 7.44. The zero-order chi connectivity index (χ0) is 10.4. The van der Waals surface area contributed by atoms with Crippen LogP contribution in [0.4, 0.5) is 4.39 Å². The Morgan fingerprint density at radius 2 is 2.21 bits per heavy atom. The Labute approximate surface area is 79.9 Å². The number of oxime groups is 1. The number of ether oxygens (including phenoxy) is 1. The van der Waals surface area contributed by atoms with Gasteiger partial charge in [-0.3, -0.25) is 4.79 Å². The van der Waals surface area contributed by atoms with E-state index in [4.69, 9.17) is 0 Å². The van der Waals surface area contributed by atoms with Gasteiger partial charge in [0.05, 0.1) is 0 Å². The first-order valence-electron chi connectivity index (χ1n) is 3.80. The van der Waals surface area contributed by atoms with Crippen molar-refractivity contribution in [3.8, 4) is 5.75 Å². The van der Waals surface area contributed by atoms with Gasteiger partial charge in [-0.1, -0.05) is 6.07 Å². The highest BCUT2D eigenvalue weighted by Crippen LogP contribution is 2.11. The van der Waals surface area contributed by atoms with Gasteiger partial charge in [-0.05, 0) is 17.3 Å². The predicted molar refractivity (Wildman–Crippen MR) is 47.3 cm³/mol. The Morgan fingerprint density at radius 3 is 2.64 bits per heavy atom. The fourth-order valence-corrected chi connectivity index (χ4v) is 0.696. The smallest absolute Gasteiger partial charge is 0.308 e. The molecule has 1 heterocycles. The minimum absolute atomic E-state index is 0.234. The zero-order valence-electron chi connectivity index (χ0n) is 7.44. The van der Waals surface area contributed by atoms with E-state index in [9.17, 15) is 9.18 Å². The van der Waals surface area contributed by atoms with E-state index < -0.39 is 11.8 Å². The largest absolute Gasteiger partial charge is 0.427 e. The molecule has 0 radical (unpaired) electrons. The molecule has 0 unspecified atom stereocenters. The lowest BCUT2D eigenvalue weighted by molar-refractivity contribution is -0.131. The van der Waals surface area contributed by atoms with Gasteiger partial charge in [0.2, 0.25) is 6.40 Å². The number of nitrogens with zero attached hydrogens (tertiary/aromatic N) is 1. The SMILES string of the molecule is C1=NO1.CC(=O)Oc1cccc(F)c1. The molecule has 0 spiro atoms. The van der Waals surface area contributed by atoms with Crippen molar-refractivity contribution in [2.45, 2.75) is 6.92 Å². The summed E-state index contributed by atoms with van der Waals surface area (Å²) in [4.78, 5) is 14.4. The van der Waals surface area contributed by atoms with E-state index in [1.807, 2.05) is 0 Å². The van der Waals surface area contributed by atoms with Gasteiger partial charge in [0, 0.05) is 13.0 Å². The Morgan fingerprint density at radius 1 is 1.57 bits per heavy atom. The van der Waals surface area contributed by atoms with Crippen molar-refractivity contribution < 1.29 is 18.8 Å². The molecule has 2 rings (SSSR count). The van der Waals surface area contributed by atoms with Crippen LogP contribution in [0.3, 0.4) is 0 Å². The summed E-state index contributed by atoms with van der Waals surface area (Å²) in [6.45, 7) is 1.27. The van der Waals surface area contributed by atoms with E-state index in [1.54, 1.807) is 0 Å². The van der Waals surface area contributed by atoms with Crippen molar-refractivity contribution in [2.24, 2.45) is 5.16 Å². The van der Waals surface area contributed by atoms with Gasteiger partial charge >= 0.3 is 5.97 Å². The molecule has 0 saturated heterocycles. The third-order valence-electron chi connectivity index (χ3n) is 1.16. The van der Waals surface area contributed by atoms with E-state index in [0.717, 1.165) is 6.07 Å². The van der Waals surface area contributed by atoms with Crippen molar-refractivity contribution in [1.29, 1.82) is 0 Å². The molecule has 74 valence electrons. The first-order chi connectivity index (χ1) is 6.68. The molecule has 0 fully saturated rings. The molecule has 0 N–H and O–H groups in total. The molecule has 5 heteroatoms. The third kappa shape index (κ3) is 4.87. The van der Waals surface area contributed by atoms with Gasteiger partial charge < -0.3 is 9.57 Å². The summed E-state index contributed by atoms with van der Waals surface area (Å²) in [5, 5.41) is 3.12. The summed E-state index contributed by atoms with van der Waals surface area (Å²) in [6, 6.07) is 5.44. The quantitative estimate of drug-likeness (QED) is 0.508. The molecule has 0 saturated carbocycles. The van der Waals surface area contributed by atoms with Crippen molar-refractivity contribution >= 4 is 12.4 Å². The number of halogens is 1. The number of carbonyl (C=O) groups is 1. The van der Waals surface area contributed by atoms with E-state index in [-0.39, 0.29) is 5.75 Å². The maximum absolute atomic E-state index is 12.4. The highest BCUT2D eigenvalue weighted by molar-refractivity contribution is 5.69. The maximum atomic E-state index is 12.4. The predicted octanol–water partition coefficient (Wildman–Crippen LogP) is 1.71. The molecule has 1 aliphatic heterocycles. The van der Waals surface area contributed by atoms with Crippen LogP contribution < -0.4 is 4.74 Å². The van der Waals surface area contributed by atoms with Crippen LogP contribution in [0.5, 0.6) is 5.75 Å². The molecule has 4 nitrogen and oxygen atoms in total. The van der Waals surface area contributed by atoms with Crippen LogP contribution >= 0.6 is 0 Å². The molecule has 0 amide bonds. The van der Waals surface area contributed by atoms with Crippen molar-refractivity contribution in [3.63, 3.8) is 0 Å². The highest BCUT2D eigenvalue weighted by atomic mass is 19.1. The summed E-state index contributed by atoms with van der Waals surface area (Å²) in [7, 11) is 0. The molecule has 1 aromatic carbocycles. The molecule has 1 aliphatic rings. The lowest BCUT2D eigenvalue weighted by Gasteiger charge is -1.98. The molecule has 0 aromatic heterocycles. The topological polar surface area (TPSA) is 51.2 Å². The summed E-state index contributed by atoms with van der Waals surface area (Å²) in [5.41, 5.74) is 0. The maximum Gasteiger partial charge on any atom is 0.308 e. The van der Waals surface area contributed by atoms with Gasteiger partial charge in [-0.15, -0.1) is 0 Å². The minimum atomic E-state index is -0.449. The number of hydrogen-bond donors (Lipinski definition) is 0. The summed E-state index contributed by atoms with van der Waals surface area (Å²) >= 11 is 0. The van der Waals surface area contributed by atoms with Gasteiger partial charge in [-0.25, -0.2) is 4.39 Å². The van der Waals surface area contributed by atoms with Crippen LogP contribution in [0, 0.1) is 5.82 Å². The van der Waals surface area contributed by atoms with Gasteiger partial charge in [0.1, 0.15) is 11.6 Å².